The zero-order valence-electron chi connectivity index (χ0n) is 9.70. The Morgan fingerprint density at radius 2 is 2.24 bits per heavy atom. The molecule has 1 heterocycles. The lowest BCUT2D eigenvalue weighted by molar-refractivity contribution is 0.0754. The average Bonchev–Trinajstić information content (AvgIpc) is 2.77. The molecule has 94 valence electrons. The maximum Gasteiger partial charge on any atom is 0.269 e. The van der Waals surface area contributed by atoms with E-state index in [0.717, 1.165) is 32.1 Å². The Kier molecular flexibility index (Phi) is 3.33. The van der Waals surface area contributed by atoms with E-state index in [-0.39, 0.29) is 18.3 Å². The second-order valence-corrected chi connectivity index (χ2v) is 4.66. The number of hydrogen-bond donors (Lipinski definition) is 4. The fourth-order valence-corrected chi connectivity index (χ4v) is 2.31. The first-order valence-electron chi connectivity index (χ1n) is 5.89. The first-order chi connectivity index (χ1) is 8.15. The highest BCUT2D eigenvalue weighted by molar-refractivity contribution is 5.93. The molecule has 1 aromatic rings. The van der Waals surface area contributed by atoms with Crippen LogP contribution in [0.15, 0.2) is 6.07 Å². The normalized spacial score (nSPS) is 18.9. The lowest BCUT2D eigenvalue weighted by Gasteiger charge is -2.36. The number of aliphatic hydroxyl groups excluding tert-OH is 1. The van der Waals surface area contributed by atoms with Crippen molar-refractivity contribution < 1.29 is 9.90 Å². The van der Waals surface area contributed by atoms with Crippen molar-refractivity contribution in [1.29, 1.82) is 0 Å². The summed E-state index contributed by atoms with van der Waals surface area (Å²) in [6.07, 6.45) is 4.87. The Hall–Kier alpha value is -1.56. The van der Waals surface area contributed by atoms with Crippen molar-refractivity contribution in [3.8, 4) is 0 Å². The van der Waals surface area contributed by atoms with Gasteiger partial charge in [0.1, 0.15) is 11.5 Å². The van der Waals surface area contributed by atoms with Crippen molar-refractivity contribution in [2.75, 3.05) is 12.3 Å². The zero-order valence-corrected chi connectivity index (χ0v) is 9.70. The van der Waals surface area contributed by atoms with E-state index >= 15 is 0 Å². The average molecular weight is 238 g/mol. The molecule has 1 fully saturated rings. The molecule has 2 rings (SSSR count). The number of nitrogens with zero attached hydrogens (tertiary/aromatic N) is 1. The quantitative estimate of drug-likeness (QED) is 0.612. The number of nitrogens with two attached hydrogens (primary N) is 1. The Labute approximate surface area is 99.6 Å². The monoisotopic (exact) mass is 238 g/mol. The number of rotatable bonds is 3. The van der Waals surface area contributed by atoms with Gasteiger partial charge in [-0.3, -0.25) is 9.89 Å². The minimum Gasteiger partial charge on any atom is -0.394 e. The van der Waals surface area contributed by atoms with Crippen LogP contribution in [0.25, 0.3) is 0 Å². The molecule has 0 atom stereocenters. The number of hydrogen-bond acceptors (Lipinski definition) is 4. The summed E-state index contributed by atoms with van der Waals surface area (Å²) in [4.78, 5) is 11.9. The molecule has 0 bridgehead atoms. The molecule has 6 heteroatoms. The lowest BCUT2D eigenvalue weighted by atomic mass is 9.82. The molecule has 1 aromatic heterocycles. The van der Waals surface area contributed by atoms with E-state index in [0.29, 0.717) is 5.69 Å². The largest absolute Gasteiger partial charge is 0.394 e. The van der Waals surface area contributed by atoms with Gasteiger partial charge in [0.05, 0.1) is 12.1 Å². The van der Waals surface area contributed by atoms with Crippen LogP contribution < -0.4 is 11.1 Å². The molecule has 0 unspecified atom stereocenters. The first kappa shape index (κ1) is 11.9. The summed E-state index contributed by atoms with van der Waals surface area (Å²) in [5, 5.41) is 18.6. The molecule has 1 aliphatic carbocycles. The minimum absolute atomic E-state index is 0.0254. The highest BCUT2D eigenvalue weighted by atomic mass is 16.3. The van der Waals surface area contributed by atoms with Crippen LogP contribution in [0.5, 0.6) is 0 Å². The fraction of sp³-hybridized carbons (Fsp3) is 0.636. The van der Waals surface area contributed by atoms with Gasteiger partial charge in [-0.25, -0.2) is 0 Å². The number of anilines is 1. The summed E-state index contributed by atoms with van der Waals surface area (Å²) in [5.74, 6) is 0.0296. The number of nitrogen functional groups attached to an aromatic ring is 1. The Morgan fingerprint density at radius 1 is 1.53 bits per heavy atom. The van der Waals surface area contributed by atoms with E-state index in [9.17, 15) is 9.90 Å². The Bertz CT molecular complexity index is 396. The van der Waals surface area contributed by atoms with Gasteiger partial charge in [-0.15, -0.1) is 0 Å². The van der Waals surface area contributed by atoms with Gasteiger partial charge in [0.15, 0.2) is 0 Å². The molecule has 5 N–H and O–H groups in total. The summed E-state index contributed by atoms with van der Waals surface area (Å²) in [7, 11) is 0. The number of H-pyrrole nitrogens is 1. The van der Waals surface area contributed by atoms with Crippen molar-refractivity contribution in [3.63, 3.8) is 0 Å². The summed E-state index contributed by atoms with van der Waals surface area (Å²) in [5.41, 5.74) is 5.30. The highest BCUT2D eigenvalue weighted by Gasteiger charge is 2.33. The maximum atomic E-state index is 11.9. The van der Waals surface area contributed by atoms with Crippen LogP contribution in [0, 0.1) is 0 Å². The summed E-state index contributed by atoms with van der Waals surface area (Å²) < 4.78 is 0. The number of amides is 1. The van der Waals surface area contributed by atoms with Crippen LogP contribution in [0.2, 0.25) is 0 Å². The van der Waals surface area contributed by atoms with Crippen molar-refractivity contribution in [3.05, 3.63) is 11.8 Å². The molecule has 0 saturated heterocycles. The molecular weight excluding hydrogens is 220 g/mol. The summed E-state index contributed by atoms with van der Waals surface area (Å²) in [6, 6.07) is 1.49. The minimum atomic E-state index is -0.477. The topological polar surface area (TPSA) is 104 Å². The van der Waals surface area contributed by atoms with Gasteiger partial charge in [-0.05, 0) is 12.8 Å². The number of carbonyl (C=O) groups excluding carboxylic acids is 1. The van der Waals surface area contributed by atoms with Crippen molar-refractivity contribution >= 4 is 11.7 Å². The van der Waals surface area contributed by atoms with E-state index in [1.54, 1.807) is 0 Å². The number of aromatic nitrogens is 2. The van der Waals surface area contributed by atoms with Crippen molar-refractivity contribution in [2.24, 2.45) is 0 Å². The van der Waals surface area contributed by atoms with Gasteiger partial charge in [0.25, 0.3) is 5.91 Å². The maximum absolute atomic E-state index is 11.9. The second-order valence-electron chi connectivity index (χ2n) is 4.66. The molecular formula is C11H18N4O2. The van der Waals surface area contributed by atoms with Crippen LogP contribution in [0.4, 0.5) is 5.82 Å². The predicted octanol–water partition coefficient (Wildman–Crippen LogP) is 0.417. The third kappa shape index (κ3) is 2.58. The van der Waals surface area contributed by atoms with Gasteiger partial charge >= 0.3 is 0 Å². The smallest absolute Gasteiger partial charge is 0.269 e. The van der Waals surface area contributed by atoms with Crippen molar-refractivity contribution in [2.45, 2.75) is 37.6 Å². The third-order valence-electron chi connectivity index (χ3n) is 3.33. The van der Waals surface area contributed by atoms with Crippen LogP contribution in [0.3, 0.4) is 0 Å². The third-order valence-corrected chi connectivity index (χ3v) is 3.33. The van der Waals surface area contributed by atoms with Crippen LogP contribution in [0.1, 0.15) is 42.6 Å². The predicted molar refractivity (Wildman–Crippen MR) is 63.4 cm³/mol. The first-order valence-corrected chi connectivity index (χ1v) is 5.89. The molecule has 0 aliphatic heterocycles. The Morgan fingerprint density at radius 3 is 2.76 bits per heavy atom. The SMILES string of the molecule is Nc1cc(C(=O)NC2(CO)CCCCC2)[nH]n1. The van der Waals surface area contributed by atoms with E-state index in [1.165, 1.54) is 6.07 Å². The molecule has 0 aromatic carbocycles. The molecule has 6 nitrogen and oxygen atoms in total. The van der Waals surface area contributed by atoms with Gasteiger partial charge in [0, 0.05) is 6.07 Å². The molecule has 0 radical (unpaired) electrons. The number of carbonyl (C=O) groups is 1. The van der Waals surface area contributed by atoms with E-state index in [2.05, 4.69) is 15.5 Å². The van der Waals surface area contributed by atoms with Crippen LogP contribution in [-0.4, -0.2) is 33.4 Å². The summed E-state index contributed by atoms with van der Waals surface area (Å²) >= 11 is 0. The highest BCUT2D eigenvalue weighted by Crippen LogP contribution is 2.28. The lowest BCUT2D eigenvalue weighted by Crippen LogP contribution is -2.52. The number of aliphatic hydroxyl groups is 1. The van der Waals surface area contributed by atoms with Crippen LogP contribution >= 0.6 is 0 Å². The number of aromatic amines is 1. The fourth-order valence-electron chi connectivity index (χ4n) is 2.31. The molecule has 1 aliphatic rings. The van der Waals surface area contributed by atoms with E-state index < -0.39 is 5.54 Å². The molecule has 0 spiro atoms. The standard InChI is InChI=1S/C11H18N4O2/c12-9-6-8(14-15-9)10(17)13-11(7-16)4-2-1-3-5-11/h6,16H,1-5,7H2,(H,13,17)(H3,12,14,15). The van der Waals surface area contributed by atoms with Crippen molar-refractivity contribution in [1.82, 2.24) is 15.5 Å². The molecule has 1 saturated carbocycles. The van der Waals surface area contributed by atoms with Gasteiger partial charge in [-0.1, -0.05) is 19.3 Å². The Balaban J connectivity index is 2.05. The molecule has 17 heavy (non-hydrogen) atoms. The number of nitrogens with one attached hydrogen (secondary N) is 2. The summed E-state index contributed by atoms with van der Waals surface area (Å²) in [6.45, 7) is -0.0254. The second kappa shape index (κ2) is 4.75. The zero-order chi connectivity index (χ0) is 12.3. The van der Waals surface area contributed by atoms with Gasteiger partial charge in [-0.2, -0.15) is 5.10 Å². The van der Waals surface area contributed by atoms with Gasteiger partial charge < -0.3 is 16.2 Å². The van der Waals surface area contributed by atoms with E-state index in [1.807, 2.05) is 0 Å². The van der Waals surface area contributed by atoms with E-state index in [4.69, 9.17) is 5.73 Å². The van der Waals surface area contributed by atoms with Crippen LogP contribution in [-0.2, 0) is 0 Å². The van der Waals surface area contributed by atoms with Gasteiger partial charge in [0.2, 0.25) is 0 Å². The molecule has 1 amide bonds.